The fourth-order valence-electron chi connectivity index (χ4n) is 3.69. The fraction of sp³-hybridized carbons (Fsp3) is 0.409. The Hall–Kier alpha value is -1.59. The van der Waals surface area contributed by atoms with Gasteiger partial charge in [0, 0.05) is 38.6 Å². The lowest BCUT2D eigenvalue weighted by atomic mass is 10.0. The highest BCUT2D eigenvalue weighted by Crippen LogP contribution is 2.20. The number of likely N-dealkylation sites (N-methyl/N-ethyl adjacent to an activating group) is 1. The molecule has 0 saturated carbocycles. The van der Waals surface area contributed by atoms with Gasteiger partial charge in [0.25, 0.3) is 0 Å². The Kier molecular flexibility index (Phi) is 10.5. The number of halogens is 2. The molecule has 1 heterocycles. The average molecular weight is 424 g/mol. The topological polar surface area (TPSA) is 49.6 Å². The Bertz CT molecular complexity index is 699. The number of carbonyl (C=O) groups is 1. The van der Waals surface area contributed by atoms with E-state index in [2.05, 4.69) is 29.2 Å². The second-order valence-electron chi connectivity index (χ2n) is 7.24. The second-order valence-corrected chi connectivity index (χ2v) is 7.24. The van der Waals surface area contributed by atoms with Gasteiger partial charge < -0.3 is 10.6 Å². The van der Waals surface area contributed by atoms with Crippen LogP contribution in [-0.2, 0) is 11.3 Å². The molecule has 2 atom stereocenters. The van der Waals surface area contributed by atoms with E-state index < -0.39 is 0 Å². The molecule has 1 amide bonds. The summed E-state index contributed by atoms with van der Waals surface area (Å²) in [4.78, 5) is 17.1. The highest BCUT2D eigenvalue weighted by Gasteiger charge is 2.27. The smallest absolute Gasteiger partial charge is 0.224 e. The van der Waals surface area contributed by atoms with Gasteiger partial charge in [0.2, 0.25) is 5.91 Å². The van der Waals surface area contributed by atoms with Gasteiger partial charge in [0.15, 0.2) is 0 Å². The molecule has 3 rings (SSSR count). The maximum Gasteiger partial charge on any atom is 0.224 e. The van der Waals surface area contributed by atoms with Crippen molar-refractivity contribution in [1.29, 1.82) is 0 Å². The van der Waals surface area contributed by atoms with Crippen molar-refractivity contribution in [3.8, 4) is 0 Å². The molecule has 1 aliphatic rings. The van der Waals surface area contributed by atoms with Crippen molar-refractivity contribution in [3.05, 3.63) is 71.8 Å². The largest absolute Gasteiger partial charge is 0.341 e. The summed E-state index contributed by atoms with van der Waals surface area (Å²) in [5.74, 6) is 0.132. The molecule has 2 N–H and O–H groups in total. The predicted molar refractivity (Wildman–Crippen MR) is 120 cm³/mol. The first-order valence-electron chi connectivity index (χ1n) is 9.46. The Morgan fingerprint density at radius 3 is 2.36 bits per heavy atom. The molecule has 0 spiro atoms. The van der Waals surface area contributed by atoms with Crippen LogP contribution in [-0.4, -0.2) is 41.9 Å². The standard InChI is InChI=1S/C22H29N3O.2ClH/c1-24(22(26)15-21(23)19-11-6-3-7-12-19)20-13-8-14-25(17-20)16-18-9-4-2-5-10-18;;/h2-7,9-12,20-21H,8,13-17,23H2,1H3;2*1H. The van der Waals surface area contributed by atoms with Gasteiger partial charge in [-0.05, 0) is 30.5 Å². The first-order chi connectivity index (χ1) is 12.6. The molecule has 1 fully saturated rings. The molecule has 1 saturated heterocycles. The normalized spacial score (nSPS) is 17.7. The van der Waals surface area contributed by atoms with E-state index in [4.69, 9.17) is 5.73 Å². The van der Waals surface area contributed by atoms with E-state index in [1.165, 1.54) is 5.56 Å². The Balaban J connectivity index is 0.00000196. The van der Waals surface area contributed by atoms with Crippen LogP contribution in [0.3, 0.4) is 0 Å². The van der Waals surface area contributed by atoms with Crippen molar-refractivity contribution in [3.63, 3.8) is 0 Å². The van der Waals surface area contributed by atoms with E-state index in [1.807, 2.05) is 48.3 Å². The molecular formula is C22H31Cl2N3O. The summed E-state index contributed by atoms with van der Waals surface area (Å²) in [6.07, 6.45) is 2.55. The minimum atomic E-state index is -0.241. The number of likely N-dealkylation sites (tertiary alicyclic amines) is 1. The molecule has 6 heteroatoms. The fourth-order valence-corrected chi connectivity index (χ4v) is 3.69. The minimum absolute atomic E-state index is 0. The molecule has 4 nitrogen and oxygen atoms in total. The Labute approximate surface area is 180 Å². The summed E-state index contributed by atoms with van der Waals surface area (Å²) in [7, 11) is 1.93. The van der Waals surface area contributed by atoms with Crippen LogP contribution in [0.1, 0.15) is 36.4 Å². The van der Waals surface area contributed by atoms with E-state index in [9.17, 15) is 4.79 Å². The number of benzene rings is 2. The van der Waals surface area contributed by atoms with Gasteiger partial charge in [-0.1, -0.05) is 60.7 Å². The van der Waals surface area contributed by atoms with E-state index in [0.29, 0.717) is 6.42 Å². The molecule has 154 valence electrons. The molecule has 0 aromatic heterocycles. The van der Waals surface area contributed by atoms with Crippen molar-refractivity contribution in [2.75, 3.05) is 20.1 Å². The molecule has 0 radical (unpaired) electrons. The third kappa shape index (κ3) is 6.78. The van der Waals surface area contributed by atoms with Gasteiger partial charge in [0.05, 0.1) is 0 Å². The van der Waals surface area contributed by atoms with Crippen molar-refractivity contribution >= 4 is 30.7 Å². The molecule has 2 aromatic rings. The minimum Gasteiger partial charge on any atom is -0.341 e. The van der Waals surface area contributed by atoms with Crippen molar-refractivity contribution in [1.82, 2.24) is 9.80 Å². The first kappa shape index (κ1) is 24.4. The monoisotopic (exact) mass is 423 g/mol. The predicted octanol–water partition coefficient (Wildman–Crippen LogP) is 4.04. The summed E-state index contributed by atoms with van der Waals surface area (Å²) < 4.78 is 0. The summed E-state index contributed by atoms with van der Waals surface area (Å²) in [5.41, 5.74) is 8.58. The molecule has 0 aliphatic carbocycles. The number of nitrogens with zero attached hydrogens (tertiary/aromatic N) is 2. The lowest BCUT2D eigenvalue weighted by Crippen LogP contribution is -2.48. The van der Waals surface area contributed by atoms with Crippen LogP contribution in [0.15, 0.2) is 60.7 Å². The summed E-state index contributed by atoms with van der Waals surface area (Å²) >= 11 is 0. The third-order valence-electron chi connectivity index (χ3n) is 5.29. The summed E-state index contributed by atoms with van der Waals surface area (Å²) in [6.45, 7) is 2.97. The number of amides is 1. The van der Waals surface area contributed by atoms with Gasteiger partial charge in [-0.15, -0.1) is 24.8 Å². The lowest BCUT2D eigenvalue weighted by molar-refractivity contribution is -0.133. The molecule has 2 unspecified atom stereocenters. The zero-order valence-corrected chi connectivity index (χ0v) is 18.0. The quantitative estimate of drug-likeness (QED) is 0.762. The number of hydrogen-bond donors (Lipinski definition) is 1. The van der Waals surface area contributed by atoms with Crippen LogP contribution in [0, 0.1) is 0 Å². The molecule has 0 bridgehead atoms. The SMILES string of the molecule is CN(C(=O)CC(N)c1ccccc1)C1CCCN(Cc2ccccc2)C1.Cl.Cl. The van der Waals surface area contributed by atoms with Crippen LogP contribution >= 0.6 is 24.8 Å². The highest BCUT2D eigenvalue weighted by molar-refractivity contribution is 5.85. The van der Waals surface area contributed by atoms with Gasteiger partial charge in [-0.25, -0.2) is 0 Å². The number of carbonyl (C=O) groups excluding carboxylic acids is 1. The zero-order chi connectivity index (χ0) is 18.4. The molecular weight excluding hydrogens is 393 g/mol. The lowest BCUT2D eigenvalue weighted by Gasteiger charge is -2.38. The van der Waals surface area contributed by atoms with Crippen LogP contribution in [0.25, 0.3) is 0 Å². The molecule has 2 aromatic carbocycles. The maximum atomic E-state index is 12.7. The highest BCUT2D eigenvalue weighted by atomic mass is 35.5. The Morgan fingerprint density at radius 2 is 1.71 bits per heavy atom. The van der Waals surface area contributed by atoms with E-state index >= 15 is 0 Å². The molecule has 28 heavy (non-hydrogen) atoms. The van der Waals surface area contributed by atoms with E-state index in [0.717, 1.165) is 38.0 Å². The van der Waals surface area contributed by atoms with Crippen LogP contribution in [0.4, 0.5) is 0 Å². The van der Waals surface area contributed by atoms with Crippen LogP contribution in [0.5, 0.6) is 0 Å². The maximum absolute atomic E-state index is 12.7. The van der Waals surface area contributed by atoms with Crippen molar-refractivity contribution < 1.29 is 4.79 Å². The van der Waals surface area contributed by atoms with Crippen LogP contribution < -0.4 is 5.73 Å². The van der Waals surface area contributed by atoms with Gasteiger partial charge in [0.1, 0.15) is 0 Å². The summed E-state index contributed by atoms with van der Waals surface area (Å²) in [5, 5.41) is 0. The zero-order valence-electron chi connectivity index (χ0n) is 16.4. The van der Waals surface area contributed by atoms with Gasteiger partial charge in [-0.2, -0.15) is 0 Å². The van der Waals surface area contributed by atoms with Gasteiger partial charge in [-0.3, -0.25) is 9.69 Å². The van der Waals surface area contributed by atoms with E-state index in [1.54, 1.807) is 0 Å². The average Bonchev–Trinajstić information content (AvgIpc) is 2.69. The number of hydrogen-bond acceptors (Lipinski definition) is 3. The Morgan fingerprint density at radius 1 is 1.11 bits per heavy atom. The van der Waals surface area contributed by atoms with E-state index in [-0.39, 0.29) is 42.8 Å². The number of nitrogens with two attached hydrogens (primary N) is 1. The second kappa shape index (κ2) is 12.1. The number of rotatable bonds is 6. The van der Waals surface area contributed by atoms with Crippen molar-refractivity contribution in [2.45, 2.75) is 37.9 Å². The van der Waals surface area contributed by atoms with Crippen LogP contribution in [0.2, 0.25) is 0 Å². The summed E-state index contributed by atoms with van der Waals surface area (Å²) in [6, 6.07) is 20.4. The molecule has 1 aliphatic heterocycles. The third-order valence-corrected chi connectivity index (χ3v) is 5.29. The van der Waals surface area contributed by atoms with Gasteiger partial charge >= 0.3 is 0 Å². The number of piperidine rings is 1. The van der Waals surface area contributed by atoms with Crippen molar-refractivity contribution in [2.24, 2.45) is 5.73 Å². The first-order valence-corrected chi connectivity index (χ1v) is 9.46.